The predicted molar refractivity (Wildman–Crippen MR) is 46.5 cm³/mol. The Labute approximate surface area is 72.9 Å². The summed E-state index contributed by atoms with van der Waals surface area (Å²) in [6.07, 6.45) is 4.62. The van der Waals surface area contributed by atoms with Gasteiger partial charge in [0.15, 0.2) is 0 Å². The molecule has 0 aromatic carbocycles. The van der Waals surface area contributed by atoms with Crippen LogP contribution in [0.1, 0.15) is 25.7 Å². The van der Waals surface area contributed by atoms with Crippen LogP contribution in [0.3, 0.4) is 0 Å². The second kappa shape index (κ2) is 3.05. The summed E-state index contributed by atoms with van der Waals surface area (Å²) in [6.45, 7) is 1.86. The van der Waals surface area contributed by atoms with Gasteiger partial charge in [-0.25, -0.2) is 0 Å². The molecule has 1 aliphatic carbocycles. The van der Waals surface area contributed by atoms with E-state index in [9.17, 15) is 4.79 Å². The van der Waals surface area contributed by atoms with Crippen molar-refractivity contribution in [3.63, 3.8) is 0 Å². The summed E-state index contributed by atoms with van der Waals surface area (Å²) >= 11 is 0. The molecule has 68 valence electrons. The fraction of sp³-hybridized carbons (Fsp3) is 0.889. The first-order valence-electron chi connectivity index (χ1n) is 4.83. The maximum atomic E-state index is 11.6. The number of carbonyl (C=O) groups is 1. The third kappa shape index (κ3) is 1.46. The molecule has 1 amide bonds. The lowest BCUT2D eigenvalue weighted by atomic mass is 10.2. The topological polar surface area (TPSA) is 46.3 Å². The number of hydrogen-bond donors (Lipinski definition) is 1. The fourth-order valence-corrected chi connectivity index (χ4v) is 1.81. The van der Waals surface area contributed by atoms with Gasteiger partial charge in [0.1, 0.15) is 0 Å². The van der Waals surface area contributed by atoms with E-state index in [1.54, 1.807) is 0 Å². The van der Waals surface area contributed by atoms with Crippen molar-refractivity contribution in [3.05, 3.63) is 0 Å². The third-order valence-electron chi connectivity index (χ3n) is 2.83. The molecule has 0 bridgehead atoms. The van der Waals surface area contributed by atoms with Crippen molar-refractivity contribution >= 4 is 5.91 Å². The van der Waals surface area contributed by atoms with Gasteiger partial charge in [0.05, 0.1) is 6.04 Å². The van der Waals surface area contributed by atoms with Crippen molar-refractivity contribution in [1.29, 1.82) is 0 Å². The van der Waals surface area contributed by atoms with Gasteiger partial charge in [-0.1, -0.05) is 0 Å². The predicted octanol–water partition coefficient (Wildman–Crippen LogP) is 0.346. The third-order valence-corrected chi connectivity index (χ3v) is 2.83. The Morgan fingerprint density at radius 3 is 2.42 bits per heavy atom. The van der Waals surface area contributed by atoms with Gasteiger partial charge in [0.2, 0.25) is 5.91 Å². The van der Waals surface area contributed by atoms with Crippen molar-refractivity contribution in [1.82, 2.24) is 4.90 Å². The molecule has 2 fully saturated rings. The van der Waals surface area contributed by atoms with Crippen LogP contribution in [0, 0.1) is 5.92 Å². The molecule has 0 radical (unpaired) electrons. The van der Waals surface area contributed by atoms with Gasteiger partial charge in [0.25, 0.3) is 0 Å². The van der Waals surface area contributed by atoms with Crippen molar-refractivity contribution < 1.29 is 4.79 Å². The van der Waals surface area contributed by atoms with E-state index >= 15 is 0 Å². The van der Waals surface area contributed by atoms with Gasteiger partial charge in [-0.2, -0.15) is 0 Å². The summed E-state index contributed by atoms with van der Waals surface area (Å²) < 4.78 is 0. The molecule has 2 rings (SSSR count). The Bertz CT molecular complexity index is 179. The summed E-state index contributed by atoms with van der Waals surface area (Å²) in [6, 6.07) is -0.192. The molecule has 1 atom stereocenters. The number of nitrogens with two attached hydrogens (primary N) is 1. The summed E-state index contributed by atoms with van der Waals surface area (Å²) in [7, 11) is 0. The lowest BCUT2D eigenvalue weighted by Crippen LogP contribution is -2.43. The number of nitrogens with zero attached hydrogens (tertiary/aromatic N) is 1. The Kier molecular flexibility index (Phi) is 2.05. The normalized spacial score (nSPS) is 25.9. The molecular weight excluding hydrogens is 152 g/mol. The molecule has 2 aliphatic rings. The Balaban J connectivity index is 1.88. The molecule has 1 heterocycles. The highest BCUT2D eigenvalue weighted by molar-refractivity contribution is 5.82. The first-order valence-corrected chi connectivity index (χ1v) is 4.83. The quantitative estimate of drug-likeness (QED) is 0.646. The van der Waals surface area contributed by atoms with Crippen LogP contribution >= 0.6 is 0 Å². The highest BCUT2D eigenvalue weighted by Crippen LogP contribution is 2.32. The minimum Gasteiger partial charge on any atom is -0.341 e. The van der Waals surface area contributed by atoms with Crippen LogP contribution in [0.5, 0.6) is 0 Å². The van der Waals surface area contributed by atoms with Gasteiger partial charge in [-0.15, -0.1) is 0 Å². The van der Waals surface area contributed by atoms with E-state index < -0.39 is 0 Å². The molecule has 2 N–H and O–H groups in total. The van der Waals surface area contributed by atoms with Gasteiger partial charge < -0.3 is 10.6 Å². The first-order chi connectivity index (χ1) is 5.79. The Hall–Kier alpha value is -0.570. The second-order valence-electron chi connectivity index (χ2n) is 3.90. The van der Waals surface area contributed by atoms with Gasteiger partial charge in [-0.05, 0) is 31.6 Å². The molecule has 12 heavy (non-hydrogen) atoms. The Morgan fingerprint density at radius 2 is 1.92 bits per heavy atom. The van der Waals surface area contributed by atoms with Crippen LogP contribution in [-0.4, -0.2) is 29.9 Å². The minimum atomic E-state index is -0.192. The zero-order valence-corrected chi connectivity index (χ0v) is 7.33. The maximum Gasteiger partial charge on any atom is 0.239 e. The van der Waals surface area contributed by atoms with Crippen LogP contribution in [0.4, 0.5) is 0 Å². The van der Waals surface area contributed by atoms with Crippen LogP contribution in [-0.2, 0) is 4.79 Å². The number of rotatable bonds is 2. The molecule has 3 nitrogen and oxygen atoms in total. The first kappa shape index (κ1) is 8.05. The SMILES string of the molecule is NC(C(=O)N1CCCC1)C1CC1. The zero-order valence-electron chi connectivity index (χ0n) is 7.33. The standard InChI is InChI=1S/C9H16N2O/c10-8(7-3-4-7)9(12)11-5-1-2-6-11/h7-8H,1-6,10H2. The van der Waals surface area contributed by atoms with E-state index in [0.717, 1.165) is 38.8 Å². The van der Waals surface area contributed by atoms with E-state index in [0.29, 0.717) is 5.92 Å². The van der Waals surface area contributed by atoms with E-state index in [2.05, 4.69) is 0 Å². The highest BCUT2D eigenvalue weighted by atomic mass is 16.2. The van der Waals surface area contributed by atoms with Crippen LogP contribution < -0.4 is 5.73 Å². The average Bonchev–Trinajstić information content (AvgIpc) is 2.79. The molecular formula is C9H16N2O. The Morgan fingerprint density at radius 1 is 1.33 bits per heavy atom. The van der Waals surface area contributed by atoms with Gasteiger partial charge in [-0.3, -0.25) is 4.79 Å². The number of amides is 1. The fourth-order valence-electron chi connectivity index (χ4n) is 1.81. The molecule has 1 unspecified atom stereocenters. The van der Waals surface area contributed by atoms with E-state index in [1.165, 1.54) is 0 Å². The molecule has 1 saturated carbocycles. The molecule has 1 saturated heterocycles. The smallest absolute Gasteiger partial charge is 0.239 e. The van der Waals surface area contributed by atoms with Crippen LogP contribution in [0.15, 0.2) is 0 Å². The summed E-state index contributed by atoms with van der Waals surface area (Å²) in [5.74, 6) is 0.688. The second-order valence-corrected chi connectivity index (χ2v) is 3.90. The highest BCUT2D eigenvalue weighted by Gasteiger charge is 2.35. The van der Waals surface area contributed by atoms with E-state index in [-0.39, 0.29) is 11.9 Å². The lowest BCUT2D eigenvalue weighted by Gasteiger charge is -2.19. The van der Waals surface area contributed by atoms with Gasteiger partial charge >= 0.3 is 0 Å². The van der Waals surface area contributed by atoms with E-state index in [4.69, 9.17) is 5.73 Å². The van der Waals surface area contributed by atoms with E-state index in [1.807, 2.05) is 4.90 Å². The molecule has 0 aromatic rings. The largest absolute Gasteiger partial charge is 0.341 e. The van der Waals surface area contributed by atoms with Crippen molar-refractivity contribution in [2.45, 2.75) is 31.7 Å². The summed E-state index contributed by atoms with van der Waals surface area (Å²) in [5, 5.41) is 0. The van der Waals surface area contributed by atoms with Gasteiger partial charge in [0, 0.05) is 13.1 Å². The maximum absolute atomic E-state index is 11.6. The van der Waals surface area contributed by atoms with Crippen molar-refractivity contribution in [3.8, 4) is 0 Å². The monoisotopic (exact) mass is 168 g/mol. The molecule has 1 aliphatic heterocycles. The summed E-state index contributed by atoms with van der Waals surface area (Å²) in [4.78, 5) is 13.5. The molecule has 0 aromatic heterocycles. The van der Waals surface area contributed by atoms with Crippen LogP contribution in [0.2, 0.25) is 0 Å². The van der Waals surface area contributed by atoms with Crippen LogP contribution in [0.25, 0.3) is 0 Å². The lowest BCUT2D eigenvalue weighted by molar-refractivity contribution is -0.131. The number of carbonyl (C=O) groups excluding carboxylic acids is 1. The zero-order chi connectivity index (χ0) is 8.55. The molecule has 0 spiro atoms. The number of hydrogen-bond acceptors (Lipinski definition) is 2. The number of likely N-dealkylation sites (tertiary alicyclic amines) is 1. The van der Waals surface area contributed by atoms with Crippen molar-refractivity contribution in [2.75, 3.05) is 13.1 Å². The average molecular weight is 168 g/mol. The minimum absolute atomic E-state index is 0.190. The molecule has 3 heteroatoms. The van der Waals surface area contributed by atoms with Crippen molar-refractivity contribution in [2.24, 2.45) is 11.7 Å². The summed E-state index contributed by atoms with van der Waals surface area (Å²) in [5.41, 5.74) is 5.81.